The molecule has 1 saturated heterocycles. The molecule has 1 amide bonds. The number of anilines is 1. The fraction of sp³-hybridized carbons (Fsp3) is 0.562. The van der Waals surface area contributed by atoms with E-state index in [2.05, 4.69) is 0 Å². The molecule has 1 fully saturated rings. The van der Waals surface area contributed by atoms with Crippen molar-refractivity contribution in [2.75, 3.05) is 31.1 Å². The summed E-state index contributed by atoms with van der Waals surface area (Å²) in [5.41, 5.74) is 0.203. The molecule has 1 aliphatic heterocycles. The van der Waals surface area contributed by atoms with Crippen molar-refractivity contribution in [3.63, 3.8) is 0 Å². The Balaban J connectivity index is 2.13. The number of alkyl halides is 3. The lowest BCUT2D eigenvalue weighted by molar-refractivity contribution is -0.137. The number of hydrogen-bond donors (Lipinski definition) is 0. The standard InChI is InChI=1S/C16H21F3N2O/c1-3-4-15(22)21-9-7-20(8-10-21)14-6-5-12(2)11-13(14)16(17,18)19/h5-6,11H,3-4,7-10H2,1-2H3. The molecule has 0 aromatic heterocycles. The monoisotopic (exact) mass is 314 g/mol. The number of halogens is 3. The van der Waals surface area contributed by atoms with Gasteiger partial charge in [0.1, 0.15) is 0 Å². The van der Waals surface area contributed by atoms with Crippen molar-refractivity contribution in [2.45, 2.75) is 32.9 Å². The van der Waals surface area contributed by atoms with E-state index in [9.17, 15) is 18.0 Å². The fourth-order valence-corrected chi connectivity index (χ4v) is 2.72. The highest BCUT2D eigenvalue weighted by Crippen LogP contribution is 2.37. The Morgan fingerprint density at radius 1 is 1.18 bits per heavy atom. The molecule has 1 aromatic rings. The van der Waals surface area contributed by atoms with Crippen LogP contribution in [0.4, 0.5) is 18.9 Å². The van der Waals surface area contributed by atoms with E-state index in [0.717, 1.165) is 6.42 Å². The molecule has 22 heavy (non-hydrogen) atoms. The first kappa shape index (κ1) is 16.6. The Morgan fingerprint density at radius 2 is 1.82 bits per heavy atom. The Hall–Kier alpha value is -1.72. The average Bonchev–Trinajstić information content (AvgIpc) is 2.47. The van der Waals surface area contributed by atoms with Crippen molar-refractivity contribution in [3.05, 3.63) is 29.3 Å². The van der Waals surface area contributed by atoms with E-state index in [4.69, 9.17) is 0 Å². The molecule has 6 heteroatoms. The van der Waals surface area contributed by atoms with E-state index in [-0.39, 0.29) is 11.6 Å². The number of nitrogens with zero attached hydrogens (tertiary/aromatic N) is 2. The molecule has 0 N–H and O–H groups in total. The largest absolute Gasteiger partial charge is 0.418 e. The van der Waals surface area contributed by atoms with E-state index in [1.807, 2.05) is 6.92 Å². The maximum atomic E-state index is 13.2. The number of aryl methyl sites for hydroxylation is 1. The van der Waals surface area contributed by atoms with Gasteiger partial charge in [0.05, 0.1) is 5.56 Å². The summed E-state index contributed by atoms with van der Waals surface area (Å²) in [6.07, 6.45) is -3.08. The SMILES string of the molecule is CCCC(=O)N1CCN(c2ccc(C)cc2C(F)(F)F)CC1. The molecule has 0 unspecified atom stereocenters. The van der Waals surface area contributed by atoms with Gasteiger partial charge in [-0.1, -0.05) is 18.6 Å². The minimum atomic E-state index is -4.36. The molecule has 1 aliphatic rings. The third kappa shape index (κ3) is 3.72. The fourth-order valence-electron chi connectivity index (χ4n) is 2.72. The molecule has 3 nitrogen and oxygen atoms in total. The summed E-state index contributed by atoms with van der Waals surface area (Å²) >= 11 is 0. The lowest BCUT2D eigenvalue weighted by Crippen LogP contribution is -2.49. The molecule has 2 rings (SSSR count). The van der Waals surface area contributed by atoms with Crippen molar-refractivity contribution in [3.8, 4) is 0 Å². The van der Waals surface area contributed by atoms with Crippen LogP contribution >= 0.6 is 0 Å². The highest BCUT2D eigenvalue weighted by Gasteiger charge is 2.35. The van der Waals surface area contributed by atoms with Crippen LogP contribution < -0.4 is 4.90 Å². The summed E-state index contributed by atoms with van der Waals surface area (Å²) in [5, 5.41) is 0. The van der Waals surface area contributed by atoms with Gasteiger partial charge in [0.25, 0.3) is 0 Å². The van der Waals surface area contributed by atoms with Crippen molar-refractivity contribution in [1.82, 2.24) is 4.90 Å². The zero-order chi connectivity index (χ0) is 16.3. The van der Waals surface area contributed by atoms with Gasteiger partial charge in [0.2, 0.25) is 5.91 Å². The minimum absolute atomic E-state index is 0.0853. The van der Waals surface area contributed by atoms with E-state index in [1.165, 1.54) is 12.1 Å². The summed E-state index contributed by atoms with van der Waals surface area (Å²) < 4.78 is 39.6. The second kappa shape index (κ2) is 6.58. The first-order valence-corrected chi connectivity index (χ1v) is 7.53. The first-order chi connectivity index (χ1) is 10.3. The smallest absolute Gasteiger partial charge is 0.367 e. The molecule has 0 bridgehead atoms. The second-order valence-corrected chi connectivity index (χ2v) is 5.64. The Labute approximate surface area is 128 Å². The third-order valence-electron chi connectivity index (χ3n) is 3.89. The summed E-state index contributed by atoms with van der Waals surface area (Å²) in [7, 11) is 0. The van der Waals surface area contributed by atoms with Crippen LogP contribution in [0.15, 0.2) is 18.2 Å². The predicted molar refractivity (Wildman–Crippen MR) is 79.9 cm³/mol. The van der Waals surface area contributed by atoms with Crippen LogP contribution in [0.25, 0.3) is 0 Å². The number of carbonyl (C=O) groups is 1. The van der Waals surface area contributed by atoms with Crippen molar-refractivity contribution in [1.29, 1.82) is 0 Å². The zero-order valence-corrected chi connectivity index (χ0v) is 12.9. The summed E-state index contributed by atoms with van der Waals surface area (Å²) in [6, 6.07) is 4.41. The molecule has 1 aromatic carbocycles. The highest BCUT2D eigenvalue weighted by molar-refractivity contribution is 5.76. The maximum Gasteiger partial charge on any atom is 0.418 e. The molecule has 0 spiro atoms. The summed E-state index contributed by atoms with van der Waals surface area (Å²) in [5.74, 6) is 0.0853. The van der Waals surface area contributed by atoms with E-state index in [1.54, 1.807) is 22.8 Å². The highest BCUT2D eigenvalue weighted by atomic mass is 19.4. The normalized spacial score (nSPS) is 16.0. The predicted octanol–water partition coefficient (Wildman–Crippen LogP) is 3.46. The lowest BCUT2D eigenvalue weighted by Gasteiger charge is -2.37. The topological polar surface area (TPSA) is 23.6 Å². The van der Waals surface area contributed by atoms with Gasteiger partial charge in [0, 0.05) is 38.3 Å². The third-order valence-corrected chi connectivity index (χ3v) is 3.89. The van der Waals surface area contributed by atoms with Gasteiger partial charge in [-0.15, -0.1) is 0 Å². The zero-order valence-electron chi connectivity index (χ0n) is 12.9. The molecule has 0 aliphatic carbocycles. The Bertz CT molecular complexity index is 535. The Kier molecular flexibility index (Phi) is 4.98. The number of benzene rings is 1. The van der Waals surface area contributed by atoms with Crippen molar-refractivity contribution in [2.24, 2.45) is 0 Å². The van der Waals surface area contributed by atoms with Crippen molar-refractivity contribution < 1.29 is 18.0 Å². The van der Waals surface area contributed by atoms with Crippen LogP contribution in [0.3, 0.4) is 0 Å². The van der Waals surface area contributed by atoms with Crippen LogP contribution in [0, 0.1) is 6.92 Å². The van der Waals surface area contributed by atoms with Crippen LogP contribution in [-0.2, 0) is 11.0 Å². The van der Waals surface area contributed by atoms with Gasteiger partial charge in [-0.3, -0.25) is 4.79 Å². The number of carbonyl (C=O) groups excluding carboxylic acids is 1. The van der Waals surface area contributed by atoms with Crippen LogP contribution in [0.1, 0.15) is 30.9 Å². The van der Waals surface area contributed by atoms with Gasteiger partial charge in [-0.25, -0.2) is 0 Å². The second-order valence-electron chi connectivity index (χ2n) is 5.64. The van der Waals surface area contributed by atoms with Gasteiger partial charge in [-0.2, -0.15) is 13.2 Å². The number of piperazine rings is 1. The molecular weight excluding hydrogens is 293 g/mol. The summed E-state index contributed by atoms with van der Waals surface area (Å²) in [6.45, 7) is 5.41. The lowest BCUT2D eigenvalue weighted by atomic mass is 10.1. The molecule has 0 atom stereocenters. The van der Waals surface area contributed by atoms with E-state index >= 15 is 0 Å². The van der Waals surface area contributed by atoms with Gasteiger partial charge < -0.3 is 9.80 Å². The molecular formula is C16H21F3N2O. The average molecular weight is 314 g/mol. The molecule has 0 saturated carbocycles. The minimum Gasteiger partial charge on any atom is -0.367 e. The Morgan fingerprint density at radius 3 is 2.36 bits per heavy atom. The van der Waals surface area contributed by atoms with Crippen LogP contribution in [0.2, 0.25) is 0 Å². The van der Waals surface area contributed by atoms with Gasteiger partial charge in [-0.05, 0) is 25.5 Å². The van der Waals surface area contributed by atoms with Gasteiger partial charge >= 0.3 is 6.18 Å². The van der Waals surface area contributed by atoms with Crippen LogP contribution in [0.5, 0.6) is 0 Å². The van der Waals surface area contributed by atoms with E-state index in [0.29, 0.717) is 38.2 Å². The first-order valence-electron chi connectivity index (χ1n) is 7.53. The maximum absolute atomic E-state index is 13.2. The quantitative estimate of drug-likeness (QED) is 0.853. The number of hydrogen-bond acceptors (Lipinski definition) is 2. The number of amides is 1. The van der Waals surface area contributed by atoms with Crippen molar-refractivity contribution >= 4 is 11.6 Å². The van der Waals surface area contributed by atoms with Crippen LogP contribution in [-0.4, -0.2) is 37.0 Å². The van der Waals surface area contributed by atoms with Gasteiger partial charge in [0.15, 0.2) is 0 Å². The number of rotatable bonds is 3. The van der Waals surface area contributed by atoms with E-state index < -0.39 is 11.7 Å². The summed E-state index contributed by atoms with van der Waals surface area (Å²) in [4.78, 5) is 15.3. The molecule has 122 valence electrons. The molecule has 0 radical (unpaired) electrons. The molecule has 1 heterocycles.